The number of aromatic nitrogens is 1. The molecule has 1 heterocycles. The largest absolute Gasteiger partial charge is 0.493 e. The summed E-state index contributed by atoms with van der Waals surface area (Å²) >= 11 is 0. The van der Waals surface area contributed by atoms with E-state index in [4.69, 9.17) is 4.74 Å². The monoisotopic (exact) mass is 303 g/mol. The van der Waals surface area contributed by atoms with E-state index in [1.54, 1.807) is 6.20 Å². The number of benzene rings is 3. The molecule has 0 spiro atoms. The van der Waals surface area contributed by atoms with Crippen molar-refractivity contribution in [1.82, 2.24) is 4.73 Å². The van der Waals surface area contributed by atoms with Crippen LogP contribution < -0.4 is 4.74 Å². The van der Waals surface area contributed by atoms with Gasteiger partial charge in [0.25, 0.3) is 0 Å². The van der Waals surface area contributed by atoms with E-state index >= 15 is 0 Å². The Balaban J connectivity index is 2.04. The maximum atomic E-state index is 10.2. The Kier molecular flexibility index (Phi) is 3.19. The Hall–Kier alpha value is -2.94. The average molecular weight is 303 g/mol. The number of fused-ring (bicyclic) bond motifs is 2. The second kappa shape index (κ2) is 5.36. The first-order valence-electron chi connectivity index (χ1n) is 7.74. The van der Waals surface area contributed by atoms with Gasteiger partial charge in [0.2, 0.25) is 0 Å². The molecule has 0 saturated heterocycles. The van der Waals surface area contributed by atoms with Gasteiger partial charge in [-0.05, 0) is 36.1 Å². The third kappa shape index (κ3) is 2.13. The number of nitrogens with zero attached hydrogens (tertiary/aromatic N) is 1. The van der Waals surface area contributed by atoms with Gasteiger partial charge in [-0.2, -0.15) is 4.73 Å². The molecule has 0 aliphatic rings. The van der Waals surface area contributed by atoms with Crippen LogP contribution >= 0.6 is 0 Å². The van der Waals surface area contributed by atoms with E-state index in [2.05, 4.69) is 18.2 Å². The van der Waals surface area contributed by atoms with Crippen molar-refractivity contribution in [2.75, 3.05) is 6.61 Å². The average Bonchev–Trinajstić information content (AvgIpc) is 2.93. The van der Waals surface area contributed by atoms with Gasteiger partial charge < -0.3 is 9.94 Å². The lowest BCUT2D eigenvalue weighted by Crippen LogP contribution is -1.93. The SMILES string of the molecule is CCOc1ccc(-c2cn(O)c3ccccc23)c2ccccc12. The minimum atomic E-state index is 0.638. The fraction of sp³-hybridized carbons (Fsp3) is 0.100. The Morgan fingerprint density at radius 3 is 2.30 bits per heavy atom. The molecule has 0 aliphatic carbocycles. The second-order valence-corrected chi connectivity index (χ2v) is 5.49. The predicted molar refractivity (Wildman–Crippen MR) is 93.2 cm³/mol. The fourth-order valence-electron chi connectivity index (χ4n) is 3.16. The molecule has 4 aromatic rings. The number of ether oxygens (including phenoxy) is 1. The van der Waals surface area contributed by atoms with Gasteiger partial charge in [-0.15, -0.1) is 0 Å². The Labute approximate surface area is 134 Å². The highest BCUT2D eigenvalue weighted by atomic mass is 16.5. The zero-order chi connectivity index (χ0) is 15.8. The molecule has 23 heavy (non-hydrogen) atoms. The molecular formula is C20H17NO2. The molecule has 0 amide bonds. The van der Waals surface area contributed by atoms with Crippen LogP contribution in [0.25, 0.3) is 32.8 Å². The first-order chi connectivity index (χ1) is 11.3. The maximum Gasteiger partial charge on any atom is 0.127 e. The van der Waals surface area contributed by atoms with Gasteiger partial charge in [-0.25, -0.2) is 0 Å². The number of rotatable bonds is 3. The van der Waals surface area contributed by atoms with Crippen LogP contribution in [-0.2, 0) is 0 Å². The maximum absolute atomic E-state index is 10.2. The van der Waals surface area contributed by atoms with Crippen molar-refractivity contribution in [3.05, 3.63) is 66.9 Å². The predicted octanol–water partition coefficient (Wildman–Crippen LogP) is 5.10. The van der Waals surface area contributed by atoms with Crippen molar-refractivity contribution in [1.29, 1.82) is 0 Å². The van der Waals surface area contributed by atoms with E-state index in [-0.39, 0.29) is 0 Å². The highest BCUT2D eigenvalue weighted by molar-refractivity contribution is 6.06. The summed E-state index contributed by atoms with van der Waals surface area (Å²) in [5.74, 6) is 0.889. The molecular weight excluding hydrogens is 286 g/mol. The van der Waals surface area contributed by atoms with Crippen LogP contribution in [0.1, 0.15) is 6.92 Å². The van der Waals surface area contributed by atoms with Crippen LogP contribution in [0, 0.1) is 0 Å². The molecule has 1 aromatic heterocycles. The lowest BCUT2D eigenvalue weighted by atomic mass is 9.97. The van der Waals surface area contributed by atoms with Crippen LogP contribution in [0.5, 0.6) is 5.75 Å². The van der Waals surface area contributed by atoms with E-state index < -0.39 is 0 Å². The molecule has 0 fully saturated rings. The third-order valence-corrected chi connectivity index (χ3v) is 4.17. The summed E-state index contributed by atoms with van der Waals surface area (Å²) in [5.41, 5.74) is 2.91. The van der Waals surface area contributed by atoms with Gasteiger partial charge in [-0.3, -0.25) is 0 Å². The molecule has 0 saturated carbocycles. The van der Waals surface area contributed by atoms with Crippen molar-refractivity contribution in [2.24, 2.45) is 0 Å². The number of para-hydroxylation sites is 1. The van der Waals surface area contributed by atoms with E-state index in [0.29, 0.717) is 6.61 Å². The van der Waals surface area contributed by atoms with Crippen LogP contribution in [0.15, 0.2) is 66.9 Å². The van der Waals surface area contributed by atoms with Crippen molar-refractivity contribution in [3.8, 4) is 16.9 Å². The highest BCUT2D eigenvalue weighted by Gasteiger charge is 2.13. The first-order valence-corrected chi connectivity index (χ1v) is 7.74. The zero-order valence-electron chi connectivity index (χ0n) is 12.9. The van der Waals surface area contributed by atoms with Crippen molar-refractivity contribution < 1.29 is 9.94 Å². The molecule has 0 bridgehead atoms. The van der Waals surface area contributed by atoms with Crippen molar-refractivity contribution in [3.63, 3.8) is 0 Å². The molecule has 4 rings (SSSR count). The van der Waals surface area contributed by atoms with Gasteiger partial charge in [0.05, 0.1) is 18.3 Å². The van der Waals surface area contributed by atoms with Gasteiger partial charge >= 0.3 is 0 Å². The minimum absolute atomic E-state index is 0.638. The molecule has 3 aromatic carbocycles. The number of hydrogen-bond acceptors (Lipinski definition) is 2. The van der Waals surface area contributed by atoms with Gasteiger partial charge in [-0.1, -0.05) is 42.5 Å². The van der Waals surface area contributed by atoms with Crippen molar-refractivity contribution >= 4 is 21.7 Å². The topological polar surface area (TPSA) is 34.4 Å². The molecule has 3 heteroatoms. The lowest BCUT2D eigenvalue weighted by molar-refractivity contribution is 0.200. The second-order valence-electron chi connectivity index (χ2n) is 5.49. The molecule has 3 nitrogen and oxygen atoms in total. The Morgan fingerprint density at radius 2 is 1.52 bits per heavy atom. The summed E-state index contributed by atoms with van der Waals surface area (Å²) in [6.07, 6.45) is 1.77. The van der Waals surface area contributed by atoms with Crippen LogP contribution in [0.4, 0.5) is 0 Å². The molecule has 1 N–H and O–H groups in total. The van der Waals surface area contributed by atoms with Gasteiger partial charge in [0.15, 0.2) is 0 Å². The number of hydrogen-bond donors (Lipinski definition) is 1. The quantitative estimate of drug-likeness (QED) is 0.534. The summed E-state index contributed by atoms with van der Waals surface area (Å²) in [4.78, 5) is 0. The molecule has 0 atom stereocenters. The van der Waals surface area contributed by atoms with Crippen LogP contribution in [0.2, 0.25) is 0 Å². The summed E-state index contributed by atoms with van der Waals surface area (Å²) < 4.78 is 6.94. The molecule has 114 valence electrons. The van der Waals surface area contributed by atoms with Crippen molar-refractivity contribution in [2.45, 2.75) is 6.92 Å². The highest BCUT2D eigenvalue weighted by Crippen LogP contribution is 2.38. The van der Waals surface area contributed by atoms with Crippen LogP contribution in [-0.4, -0.2) is 16.5 Å². The Bertz CT molecular complexity index is 1000. The summed E-state index contributed by atoms with van der Waals surface area (Å²) in [5, 5.41) is 13.4. The molecule has 0 unspecified atom stereocenters. The summed E-state index contributed by atoms with van der Waals surface area (Å²) in [6.45, 7) is 2.63. The van der Waals surface area contributed by atoms with Gasteiger partial charge in [0.1, 0.15) is 5.75 Å². The van der Waals surface area contributed by atoms with Gasteiger partial charge in [0, 0.05) is 16.3 Å². The summed E-state index contributed by atoms with van der Waals surface area (Å²) in [6, 6.07) is 20.1. The van der Waals surface area contributed by atoms with E-state index in [9.17, 15) is 5.21 Å². The lowest BCUT2D eigenvalue weighted by Gasteiger charge is -2.11. The fourth-order valence-corrected chi connectivity index (χ4v) is 3.16. The minimum Gasteiger partial charge on any atom is -0.493 e. The Morgan fingerprint density at radius 1 is 0.826 bits per heavy atom. The third-order valence-electron chi connectivity index (χ3n) is 4.17. The molecule has 0 aliphatic heterocycles. The van der Waals surface area contributed by atoms with E-state index in [0.717, 1.165) is 38.6 Å². The normalized spacial score (nSPS) is 11.2. The smallest absolute Gasteiger partial charge is 0.127 e. The van der Waals surface area contributed by atoms with E-state index in [1.807, 2.05) is 49.4 Å². The first kappa shape index (κ1) is 13.7. The standard InChI is InChI=1S/C20H17NO2/c1-2-23-20-12-11-15(14-7-3-4-9-17(14)20)18-13-21(22)19-10-6-5-8-16(18)19/h3-13,22H,2H2,1H3. The summed E-state index contributed by atoms with van der Waals surface area (Å²) in [7, 11) is 0. The van der Waals surface area contributed by atoms with Crippen LogP contribution in [0.3, 0.4) is 0 Å². The molecule has 0 radical (unpaired) electrons. The zero-order valence-corrected chi connectivity index (χ0v) is 12.9. The van der Waals surface area contributed by atoms with E-state index in [1.165, 1.54) is 4.73 Å².